The van der Waals surface area contributed by atoms with E-state index < -0.39 is 0 Å². The third kappa shape index (κ3) is 4.76. The quantitative estimate of drug-likeness (QED) is 0.783. The molecule has 1 N–H and O–H groups in total. The van der Waals surface area contributed by atoms with E-state index in [9.17, 15) is 0 Å². The summed E-state index contributed by atoms with van der Waals surface area (Å²) in [7, 11) is 2.16. The molecule has 1 aromatic heterocycles. The van der Waals surface area contributed by atoms with E-state index in [-0.39, 0.29) is 0 Å². The van der Waals surface area contributed by atoms with Crippen molar-refractivity contribution in [3.05, 3.63) is 65.5 Å². The van der Waals surface area contributed by atoms with E-state index in [1.54, 1.807) is 0 Å². The number of nitrogens with zero attached hydrogens (tertiary/aromatic N) is 2. The maximum Gasteiger partial charge on any atom is 0.0541 e. The summed E-state index contributed by atoms with van der Waals surface area (Å²) in [5.74, 6) is 0. The van der Waals surface area contributed by atoms with Crippen molar-refractivity contribution in [1.29, 1.82) is 0 Å². The Balaban J connectivity index is 1.68. The minimum Gasteiger partial charge on any atom is -0.310 e. The zero-order chi connectivity index (χ0) is 14.2. The number of nitrogens with one attached hydrogen (secondary N) is 1. The Labute approximate surface area is 121 Å². The zero-order valence-corrected chi connectivity index (χ0v) is 12.3. The molecule has 0 unspecified atom stereocenters. The molecule has 0 saturated heterocycles. The van der Waals surface area contributed by atoms with Gasteiger partial charge in [-0.2, -0.15) is 0 Å². The van der Waals surface area contributed by atoms with Gasteiger partial charge in [0.2, 0.25) is 0 Å². The van der Waals surface area contributed by atoms with E-state index in [1.807, 2.05) is 24.4 Å². The molecule has 0 radical (unpaired) electrons. The molecule has 0 atom stereocenters. The molecule has 106 valence electrons. The number of likely N-dealkylation sites (N-methyl/N-ethyl adjacent to an activating group) is 1. The van der Waals surface area contributed by atoms with Crippen LogP contribution in [0.2, 0.25) is 0 Å². The molecule has 0 spiro atoms. The van der Waals surface area contributed by atoms with Gasteiger partial charge in [-0.3, -0.25) is 4.98 Å². The van der Waals surface area contributed by atoms with Crippen LogP contribution >= 0.6 is 0 Å². The van der Waals surface area contributed by atoms with Gasteiger partial charge in [0.15, 0.2) is 0 Å². The number of hydrogen-bond donors (Lipinski definition) is 1. The van der Waals surface area contributed by atoms with Gasteiger partial charge in [-0.25, -0.2) is 0 Å². The molecule has 3 heteroatoms. The third-order valence-electron chi connectivity index (χ3n) is 3.40. The van der Waals surface area contributed by atoms with E-state index in [1.165, 1.54) is 11.1 Å². The Morgan fingerprint density at radius 3 is 2.65 bits per heavy atom. The molecule has 1 aromatic carbocycles. The van der Waals surface area contributed by atoms with Crippen molar-refractivity contribution >= 4 is 0 Å². The lowest BCUT2D eigenvalue weighted by Gasteiger charge is -2.18. The van der Waals surface area contributed by atoms with Crippen molar-refractivity contribution in [2.24, 2.45) is 0 Å². The summed E-state index contributed by atoms with van der Waals surface area (Å²) in [6.45, 7) is 6.00. The summed E-state index contributed by atoms with van der Waals surface area (Å²) in [6, 6.07) is 14.6. The number of pyridine rings is 1. The SMILES string of the molecule is Cc1ccccc1CN(C)CCNCc1ccccn1. The van der Waals surface area contributed by atoms with Crippen LogP contribution in [0.5, 0.6) is 0 Å². The van der Waals surface area contributed by atoms with E-state index in [2.05, 4.69) is 53.4 Å². The largest absolute Gasteiger partial charge is 0.310 e. The van der Waals surface area contributed by atoms with Crippen molar-refractivity contribution in [3.8, 4) is 0 Å². The Bertz CT molecular complexity index is 511. The molecule has 0 amide bonds. The van der Waals surface area contributed by atoms with E-state index in [4.69, 9.17) is 0 Å². The van der Waals surface area contributed by atoms with Gasteiger partial charge in [0.05, 0.1) is 5.69 Å². The molecule has 1 heterocycles. The normalized spacial score (nSPS) is 10.9. The van der Waals surface area contributed by atoms with Crippen LogP contribution in [-0.4, -0.2) is 30.0 Å². The number of rotatable bonds is 7. The predicted octanol–water partition coefficient (Wildman–Crippen LogP) is 2.61. The maximum atomic E-state index is 4.30. The van der Waals surface area contributed by atoms with Crippen LogP contribution in [0.3, 0.4) is 0 Å². The summed E-state index contributed by atoms with van der Waals surface area (Å²) >= 11 is 0. The first-order chi connectivity index (χ1) is 9.75. The minimum absolute atomic E-state index is 0.832. The van der Waals surface area contributed by atoms with E-state index >= 15 is 0 Å². The second kappa shape index (κ2) is 7.78. The fourth-order valence-corrected chi connectivity index (χ4v) is 2.15. The van der Waals surface area contributed by atoms with Crippen molar-refractivity contribution in [1.82, 2.24) is 15.2 Å². The van der Waals surface area contributed by atoms with Gasteiger partial charge in [0, 0.05) is 32.4 Å². The summed E-state index contributed by atoms with van der Waals surface area (Å²) in [5.41, 5.74) is 3.86. The van der Waals surface area contributed by atoms with Crippen LogP contribution in [0.1, 0.15) is 16.8 Å². The first kappa shape index (κ1) is 14.7. The molecule has 0 fully saturated rings. The van der Waals surface area contributed by atoms with Crippen molar-refractivity contribution in [2.75, 3.05) is 20.1 Å². The molecule has 2 rings (SSSR count). The van der Waals surface area contributed by atoms with E-state index in [0.717, 1.165) is 31.9 Å². The molecule has 0 bridgehead atoms. The summed E-state index contributed by atoms with van der Waals surface area (Å²) in [6.07, 6.45) is 1.83. The Morgan fingerprint density at radius 1 is 1.10 bits per heavy atom. The molecule has 0 aliphatic carbocycles. The fourth-order valence-electron chi connectivity index (χ4n) is 2.15. The van der Waals surface area contributed by atoms with Crippen LogP contribution < -0.4 is 5.32 Å². The van der Waals surface area contributed by atoms with Gasteiger partial charge < -0.3 is 10.2 Å². The Morgan fingerprint density at radius 2 is 1.90 bits per heavy atom. The second-order valence-electron chi connectivity index (χ2n) is 5.16. The molecular weight excluding hydrogens is 246 g/mol. The predicted molar refractivity (Wildman–Crippen MR) is 83.5 cm³/mol. The smallest absolute Gasteiger partial charge is 0.0541 e. The maximum absolute atomic E-state index is 4.30. The standard InChI is InChI=1S/C17H23N3/c1-15-7-3-4-8-16(15)14-20(2)12-11-18-13-17-9-5-6-10-19-17/h3-10,18H,11-14H2,1-2H3. The average Bonchev–Trinajstić information content (AvgIpc) is 2.47. The Kier molecular flexibility index (Phi) is 5.71. The number of hydrogen-bond acceptors (Lipinski definition) is 3. The number of benzene rings is 1. The first-order valence-electron chi connectivity index (χ1n) is 7.09. The molecule has 0 aliphatic rings. The van der Waals surface area contributed by atoms with Crippen LogP contribution in [0, 0.1) is 6.92 Å². The highest BCUT2D eigenvalue weighted by Crippen LogP contribution is 2.08. The first-order valence-corrected chi connectivity index (χ1v) is 7.09. The molecular formula is C17H23N3. The Hall–Kier alpha value is -1.71. The average molecular weight is 269 g/mol. The summed E-state index contributed by atoms with van der Waals surface area (Å²) in [5, 5.41) is 3.43. The lowest BCUT2D eigenvalue weighted by Crippen LogP contribution is -2.29. The summed E-state index contributed by atoms with van der Waals surface area (Å²) < 4.78 is 0. The molecule has 0 saturated carbocycles. The monoisotopic (exact) mass is 269 g/mol. The number of aryl methyl sites for hydroxylation is 1. The van der Waals surface area contributed by atoms with Crippen LogP contribution in [0.4, 0.5) is 0 Å². The highest BCUT2D eigenvalue weighted by atomic mass is 15.1. The minimum atomic E-state index is 0.832. The zero-order valence-electron chi connectivity index (χ0n) is 12.3. The highest BCUT2D eigenvalue weighted by Gasteiger charge is 2.02. The third-order valence-corrected chi connectivity index (χ3v) is 3.40. The molecule has 0 aliphatic heterocycles. The van der Waals surface area contributed by atoms with Crippen LogP contribution in [0.25, 0.3) is 0 Å². The van der Waals surface area contributed by atoms with Gasteiger partial charge in [-0.05, 0) is 37.2 Å². The molecule has 2 aromatic rings. The topological polar surface area (TPSA) is 28.2 Å². The van der Waals surface area contributed by atoms with E-state index in [0.29, 0.717) is 0 Å². The summed E-state index contributed by atoms with van der Waals surface area (Å²) in [4.78, 5) is 6.64. The van der Waals surface area contributed by atoms with Gasteiger partial charge in [-0.15, -0.1) is 0 Å². The fraction of sp³-hybridized carbons (Fsp3) is 0.353. The molecule has 3 nitrogen and oxygen atoms in total. The van der Waals surface area contributed by atoms with Crippen molar-refractivity contribution in [3.63, 3.8) is 0 Å². The highest BCUT2D eigenvalue weighted by molar-refractivity contribution is 5.25. The van der Waals surface area contributed by atoms with Crippen molar-refractivity contribution < 1.29 is 0 Å². The number of aromatic nitrogens is 1. The van der Waals surface area contributed by atoms with Crippen molar-refractivity contribution in [2.45, 2.75) is 20.0 Å². The molecule has 20 heavy (non-hydrogen) atoms. The van der Waals surface area contributed by atoms with Gasteiger partial charge >= 0.3 is 0 Å². The lowest BCUT2D eigenvalue weighted by molar-refractivity contribution is 0.323. The van der Waals surface area contributed by atoms with Gasteiger partial charge in [0.25, 0.3) is 0 Å². The van der Waals surface area contributed by atoms with Gasteiger partial charge in [0.1, 0.15) is 0 Å². The second-order valence-corrected chi connectivity index (χ2v) is 5.16. The van der Waals surface area contributed by atoms with Gasteiger partial charge in [-0.1, -0.05) is 30.3 Å². The lowest BCUT2D eigenvalue weighted by atomic mass is 10.1. The van der Waals surface area contributed by atoms with Crippen LogP contribution in [0.15, 0.2) is 48.7 Å². The van der Waals surface area contributed by atoms with Crippen LogP contribution in [-0.2, 0) is 13.1 Å².